The molecule has 1 heterocycles. The molecule has 5 heteroatoms. The fourth-order valence-corrected chi connectivity index (χ4v) is 4.78. The average molecular weight is 422 g/mol. The number of halogens is 1. The molecular weight excluding hydrogens is 406 g/mol. The minimum Gasteiger partial charge on any atom is -0.508 e. The van der Waals surface area contributed by atoms with Gasteiger partial charge in [0.05, 0.1) is 5.70 Å². The first-order chi connectivity index (χ1) is 13.1. The van der Waals surface area contributed by atoms with Gasteiger partial charge in [-0.25, -0.2) is 0 Å². The topological polar surface area (TPSA) is 66.4 Å². The van der Waals surface area contributed by atoms with Crippen LogP contribution in [0, 0.1) is 0 Å². The summed E-state index contributed by atoms with van der Waals surface area (Å²) in [5.41, 5.74) is 4.91. The molecule has 0 bridgehead atoms. The van der Waals surface area contributed by atoms with Gasteiger partial charge in [-0.3, -0.25) is 9.59 Å². The average Bonchev–Trinajstić information content (AvgIpc) is 2.95. The number of rotatable bonds is 1. The molecule has 2 N–H and O–H groups in total. The molecule has 0 unspecified atom stereocenters. The summed E-state index contributed by atoms with van der Waals surface area (Å²) < 4.78 is 0.796. The van der Waals surface area contributed by atoms with Crippen molar-refractivity contribution in [2.75, 3.05) is 0 Å². The summed E-state index contributed by atoms with van der Waals surface area (Å²) in [6, 6.07) is 12.6. The third-order valence-corrected chi connectivity index (χ3v) is 6.06. The highest BCUT2D eigenvalue weighted by Crippen LogP contribution is 2.50. The van der Waals surface area contributed by atoms with Crippen LogP contribution < -0.4 is 5.32 Å². The van der Waals surface area contributed by atoms with Gasteiger partial charge in [0.15, 0.2) is 11.6 Å². The van der Waals surface area contributed by atoms with Crippen molar-refractivity contribution in [2.45, 2.75) is 25.2 Å². The zero-order valence-corrected chi connectivity index (χ0v) is 16.0. The van der Waals surface area contributed by atoms with Gasteiger partial charge in [0.1, 0.15) is 5.75 Å². The van der Waals surface area contributed by atoms with E-state index in [4.69, 9.17) is 0 Å². The quantitative estimate of drug-likeness (QED) is 0.713. The van der Waals surface area contributed by atoms with E-state index < -0.39 is 5.92 Å². The van der Waals surface area contributed by atoms with Crippen LogP contribution in [0.4, 0.5) is 0 Å². The first-order valence-corrected chi connectivity index (χ1v) is 9.75. The molecule has 0 aromatic heterocycles. The van der Waals surface area contributed by atoms with Crippen molar-refractivity contribution < 1.29 is 14.7 Å². The highest BCUT2D eigenvalue weighted by atomic mass is 79.9. The predicted molar refractivity (Wildman–Crippen MR) is 105 cm³/mol. The smallest absolute Gasteiger partial charge is 0.192 e. The lowest BCUT2D eigenvalue weighted by atomic mass is 9.74. The van der Waals surface area contributed by atoms with E-state index in [1.807, 2.05) is 24.3 Å². The molecule has 0 spiro atoms. The van der Waals surface area contributed by atoms with Crippen molar-refractivity contribution in [3.63, 3.8) is 0 Å². The summed E-state index contributed by atoms with van der Waals surface area (Å²) in [4.78, 5) is 26.1. The number of fused-ring (bicyclic) bond motifs is 2. The lowest BCUT2D eigenvalue weighted by molar-refractivity contribution is -0.116. The first kappa shape index (κ1) is 16.5. The minimum atomic E-state index is -0.554. The first-order valence-electron chi connectivity index (χ1n) is 8.96. The number of carbonyl (C=O) groups is 2. The molecule has 1 aliphatic heterocycles. The van der Waals surface area contributed by atoms with E-state index in [2.05, 4.69) is 21.2 Å². The Morgan fingerprint density at radius 1 is 1.00 bits per heavy atom. The van der Waals surface area contributed by atoms with Crippen molar-refractivity contribution in [1.82, 2.24) is 5.32 Å². The number of dihydropyridines is 1. The highest BCUT2D eigenvalue weighted by molar-refractivity contribution is 9.10. The van der Waals surface area contributed by atoms with Crippen LogP contribution in [0.5, 0.6) is 5.75 Å². The van der Waals surface area contributed by atoms with Crippen molar-refractivity contribution in [3.05, 3.63) is 80.5 Å². The van der Waals surface area contributed by atoms with E-state index in [0.717, 1.165) is 34.3 Å². The Hall–Kier alpha value is -2.66. The number of phenolic OH excluding ortho intramolecular Hbond substituents is 1. The molecule has 0 radical (unpaired) electrons. The van der Waals surface area contributed by atoms with Crippen LogP contribution in [-0.2, 0) is 4.79 Å². The monoisotopic (exact) mass is 421 g/mol. The molecule has 0 fully saturated rings. The van der Waals surface area contributed by atoms with Crippen LogP contribution in [0.25, 0.3) is 5.70 Å². The Kier molecular flexibility index (Phi) is 3.62. The fourth-order valence-electron chi connectivity index (χ4n) is 4.40. The van der Waals surface area contributed by atoms with Gasteiger partial charge in [-0.15, -0.1) is 0 Å². The van der Waals surface area contributed by atoms with Crippen molar-refractivity contribution in [3.8, 4) is 5.75 Å². The molecule has 2 aromatic rings. The number of hydrogen-bond acceptors (Lipinski definition) is 4. The van der Waals surface area contributed by atoms with Gasteiger partial charge in [0, 0.05) is 50.3 Å². The number of hydrogen-bond donors (Lipinski definition) is 2. The second-order valence-electron chi connectivity index (χ2n) is 7.09. The predicted octanol–water partition coefficient (Wildman–Crippen LogP) is 4.46. The number of allylic oxidation sites excluding steroid dienone is 3. The summed E-state index contributed by atoms with van der Waals surface area (Å²) >= 11 is 3.45. The number of benzene rings is 2. The normalized spacial score (nSPS) is 21.0. The van der Waals surface area contributed by atoms with Crippen molar-refractivity contribution in [2.24, 2.45) is 0 Å². The van der Waals surface area contributed by atoms with Gasteiger partial charge in [0.25, 0.3) is 0 Å². The Bertz CT molecular complexity index is 1100. The van der Waals surface area contributed by atoms with Crippen LogP contribution in [0.2, 0.25) is 0 Å². The lowest BCUT2D eigenvalue weighted by Gasteiger charge is -2.33. The molecule has 2 aromatic carbocycles. The molecule has 27 heavy (non-hydrogen) atoms. The zero-order chi connectivity index (χ0) is 18.7. The fraction of sp³-hybridized carbons (Fsp3) is 0.182. The Labute approximate surface area is 164 Å². The second kappa shape index (κ2) is 5.92. The number of aromatic hydroxyl groups is 1. The SMILES string of the molecule is O=C1CCCC2=C1[C@@H](c1cc(Br)ccc1O)C1=C(N2)c2ccccc2C1=O. The van der Waals surface area contributed by atoms with Gasteiger partial charge >= 0.3 is 0 Å². The minimum absolute atomic E-state index is 0.0448. The molecule has 0 saturated carbocycles. The van der Waals surface area contributed by atoms with E-state index in [9.17, 15) is 14.7 Å². The zero-order valence-electron chi connectivity index (χ0n) is 14.4. The molecule has 1 atom stereocenters. The van der Waals surface area contributed by atoms with Gasteiger partial charge in [-0.1, -0.05) is 40.2 Å². The van der Waals surface area contributed by atoms with Gasteiger partial charge in [0.2, 0.25) is 0 Å². The van der Waals surface area contributed by atoms with Crippen molar-refractivity contribution in [1.29, 1.82) is 0 Å². The van der Waals surface area contributed by atoms with E-state index in [-0.39, 0.29) is 17.3 Å². The number of phenols is 1. The summed E-state index contributed by atoms with van der Waals surface area (Å²) in [6.45, 7) is 0. The van der Waals surface area contributed by atoms with Gasteiger partial charge in [-0.2, -0.15) is 0 Å². The van der Waals surface area contributed by atoms with Crippen LogP contribution >= 0.6 is 15.9 Å². The highest BCUT2D eigenvalue weighted by Gasteiger charge is 2.44. The van der Waals surface area contributed by atoms with Crippen LogP contribution in [0.15, 0.2) is 63.8 Å². The third-order valence-electron chi connectivity index (χ3n) is 5.56. The Balaban J connectivity index is 1.80. The number of carbonyl (C=O) groups excluding carboxylic acids is 2. The summed E-state index contributed by atoms with van der Waals surface area (Å²) in [5, 5.41) is 14.0. The maximum absolute atomic E-state index is 13.3. The molecule has 4 nitrogen and oxygen atoms in total. The number of Topliss-reactive ketones (excluding diaryl/α,β-unsaturated/α-hetero) is 2. The van der Waals surface area contributed by atoms with E-state index in [1.165, 1.54) is 0 Å². The molecule has 134 valence electrons. The van der Waals surface area contributed by atoms with Gasteiger partial charge in [-0.05, 0) is 31.0 Å². The standard InChI is InChI=1S/C22H16BrNO3/c23-11-8-9-16(25)14(10-11)18-19-15(6-3-7-17(19)26)24-21-12-4-1-2-5-13(12)22(27)20(18)21/h1-2,4-5,8-10,18,24-25H,3,6-7H2/t18-/m1/s1. The Morgan fingerprint density at radius 2 is 1.78 bits per heavy atom. The number of nitrogens with one attached hydrogen (secondary N) is 1. The summed E-state index contributed by atoms with van der Waals surface area (Å²) in [6.07, 6.45) is 2.02. The molecule has 0 amide bonds. The molecule has 3 aliphatic rings. The van der Waals surface area contributed by atoms with Crippen LogP contribution in [-0.4, -0.2) is 16.7 Å². The second-order valence-corrected chi connectivity index (χ2v) is 8.01. The van der Waals surface area contributed by atoms with Crippen LogP contribution in [0.1, 0.15) is 46.7 Å². The van der Waals surface area contributed by atoms with Crippen molar-refractivity contribution >= 4 is 33.2 Å². The number of ketones is 2. The third kappa shape index (κ3) is 2.34. The largest absolute Gasteiger partial charge is 0.508 e. The van der Waals surface area contributed by atoms with E-state index in [0.29, 0.717) is 28.7 Å². The van der Waals surface area contributed by atoms with E-state index in [1.54, 1.807) is 18.2 Å². The summed E-state index contributed by atoms with van der Waals surface area (Å²) in [5.74, 6) is -0.502. The maximum Gasteiger partial charge on any atom is 0.192 e. The lowest BCUT2D eigenvalue weighted by Crippen LogP contribution is -2.31. The van der Waals surface area contributed by atoms with Gasteiger partial charge < -0.3 is 10.4 Å². The maximum atomic E-state index is 13.3. The Morgan fingerprint density at radius 3 is 2.59 bits per heavy atom. The summed E-state index contributed by atoms with van der Waals surface area (Å²) in [7, 11) is 0. The molecule has 5 rings (SSSR count). The van der Waals surface area contributed by atoms with Crippen LogP contribution in [0.3, 0.4) is 0 Å². The van der Waals surface area contributed by atoms with E-state index >= 15 is 0 Å². The molecule has 2 aliphatic carbocycles. The molecule has 0 saturated heterocycles. The molecular formula is C22H16BrNO3.